The maximum atomic E-state index is 5.32. The van der Waals surface area contributed by atoms with E-state index in [4.69, 9.17) is 4.74 Å². The van der Waals surface area contributed by atoms with Crippen LogP contribution in [0.3, 0.4) is 0 Å². The molecule has 0 fully saturated rings. The molecular formula is C15H17NO. The van der Waals surface area contributed by atoms with Crippen molar-refractivity contribution in [3.63, 3.8) is 0 Å². The van der Waals surface area contributed by atoms with E-state index in [-0.39, 0.29) is 0 Å². The van der Waals surface area contributed by atoms with E-state index in [1.807, 2.05) is 25.3 Å². The summed E-state index contributed by atoms with van der Waals surface area (Å²) in [6.07, 6.45) is 2.92. The highest BCUT2D eigenvalue weighted by Crippen LogP contribution is 2.20. The number of benzene rings is 1. The Morgan fingerprint density at radius 2 is 1.65 bits per heavy atom. The van der Waals surface area contributed by atoms with Gasteiger partial charge in [-0.2, -0.15) is 0 Å². The summed E-state index contributed by atoms with van der Waals surface area (Å²) in [5.74, 6) is 0.682. The third-order valence-corrected chi connectivity index (χ3v) is 2.72. The van der Waals surface area contributed by atoms with Gasteiger partial charge in [0.25, 0.3) is 0 Å². The molecule has 0 atom stereocenters. The number of pyridine rings is 1. The van der Waals surface area contributed by atoms with Crippen LogP contribution in [0.2, 0.25) is 0 Å². The number of ether oxygens (including phenoxy) is 1. The molecule has 0 saturated heterocycles. The van der Waals surface area contributed by atoms with Crippen LogP contribution in [0.5, 0.6) is 5.88 Å². The molecule has 0 aliphatic carbocycles. The molecule has 2 rings (SSSR count). The Morgan fingerprint density at radius 1 is 0.941 bits per heavy atom. The molecule has 17 heavy (non-hydrogen) atoms. The van der Waals surface area contributed by atoms with Gasteiger partial charge in [-0.3, -0.25) is 0 Å². The summed E-state index contributed by atoms with van der Waals surface area (Å²) in [7, 11) is 0. The molecule has 0 radical (unpaired) electrons. The fourth-order valence-electron chi connectivity index (χ4n) is 1.72. The van der Waals surface area contributed by atoms with Crippen LogP contribution in [-0.2, 0) is 6.42 Å². The van der Waals surface area contributed by atoms with Gasteiger partial charge in [0.1, 0.15) is 0 Å². The minimum absolute atomic E-state index is 0.650. The Hall–Kier alpha value is -1.83. The van der Waals surface area contributed by atoms with Gasteiger partial charge in [0.2, 0.25) is 5.88 Å². The lowest BCUT2D eigenvalue weighted by atomic mass is 10.0. The van der Waals surface area contributed by atoms with E-state index < -0.39 is 0 Å². The van der Waals surface area contributed by atoms with Crippen molar-refractivity contribution < 1.29 is 4.74 Å². The molecule has 2 nitrogen and oxygen atoms in total. The quantitative estimate of drug-likeness (QED) is 0.794. The predicted molar refractivity (Wildman–Crippen MR) is 70.2 cm³/mol. The van der Waals surface area contributed by atoms with E-state index in [9.17, 15) is 0 Å². The first-order chi connectivity index (χ1) is 8.33. The van der Waals surface area contributed by atoms with Gasteiger partial charge >= 0.3 is 0 Å². The van der Waals surface area contributed by atoms with Crippen molar-refractivity contribution in [3.8, 4) is 17.0 Å². The van der Waals surface area contributed by atoms with Crippen molar-refractivity contribution in [1.29, 1.82) is 0 Å². The lowest BCUT2D eigenvalue weighted by molar-refractivity contribution is 0.327. The SMILES string of the molecule is CCOc1ccc(-c2ccc(CC)cc2)cn1. The zero-order valence-corrected chi connectivity index (χ0v) is 10.3. The molecule has 1 heterocycles. The summed E-state index contributed by atoms with van der Waals surface area (Å²) in [5.41, 5.74) is 3.67. The molecule has 0 N–H and O–H groups in total. The standard InChI is InChI=1S/C15H17NO/c1-3-12-5-7-13(8-6-12)14-9-10-15(16-11-14)17-4-2/h5-11H,3-4H2,1-2H3. The molecule has 2 heteroatoms. The van der Waals surface area contributed by atoms with Crippen molar-refractivity contribution in [2.75, 3.05) is 6.61 Å². The van der Waals surface area contributed by atoms with E-state index in [1.54, 1.807) is 0 Å². The van der Waals surface area contributed by atoms with Crippen molar-refractivity contribution in [3.05, 3.63) is 48.2 Å². The first-order valence-electron chi connectivity index (χ1n) is 6.01. The van der Waals surface area contributed by atoms with Crippen LogP contribution < -0.4 is 4.74 Å². The Balaban J connectivity index is 2.20. The summed E-state index contributed by atoms with van der Waals surface area (Å²) < 4.78 is 5.32. The van der Waals surface area contributed by atoms with Crippen molar-refractivity contribution in [1.82, 2.24) is 4.98 Å². The van der Waals surface area contributed by atoms with E-state index in [1.165, 1.54) is 11.1 Å². The number of hydrogen-bond donors (Lipinski definition) is 0. The van der Waals surface area contributed by atoms with Crippen LogP contribution in [0.15, 0.2) is 42.6 Å². The van der Waals surface area contributed by atoms with Crippen molar-refractivity contribution >= 4 is 0 Å². The molecule has 2 aromatic rings. The highest BCUT2D eigenvalue weighted by atomic mass is 16.5. The normalized spacial score (nSPS) is 10.2. The van der Waals surface area contributed by atoms with Crippen LogP contribution in [0, 0.1) is 0 Å². The molecule has 0 saturated carbocycles. The summed E-state index contributed by atoms with van der Waals surface area (Å²) in [6, 6.07) is 12.5. The minimum atomic E-state index is 0.650. The first-order valence-corrected chi connectivity index (χ1v) is 6.01. The molecule has 88 valence electrons. The Bertz CT molecular complexity index is 459. The second kappa shape index (κ2) is 5.48. The monoisotopic (exact) mass is 227 g/mol. The summed E-state index contributed by atoms with van der Waals surface area (Å²) >= 11 is 0. The largest absolute Gasteiger partial charge is 0.478 e. The fourth-order valence-corrected chi connectivity index (χ4v) is 1.72. The zero-order valence-electron chi connectivity index (χ0n) is 10.3. The van der Waals surface area contributed by atoms with E-state index in [2.05, 4.69) is 36.2 Å². The molecule has 1 aromatic carbocycles. The Labute approximate surface area is 102 Å². The third kappa shape index (κ3) is 2.84. The lowest BCUT2D eigenvalue weighted by Gasteiger charge is -2.05. The van der Waals surface area contributed by atoms with Gasteiger partial charge in [0.05, 0.1) is 6.61 Å². The molecule has 1 aromatic heterocycles. The van der Waals surface area contributed by atoms with E-state index in [0.29, 0.717) is 12.5 Å². The number of hydrogen-bond acceptors (Lipinski definition) is 2. The maximum Gasteiger partial charge on any atom is 0.213 e. The van der Waals surface area contributed by atoms with Crippen LogP contribution in [0.25, 0.3) is 11.1 Å². The number of rotatable bonds is 4. The first kappa shape index (κ1) is 11.6. The minimum Gasteiger partial charge on any atom is -0.478 e. The van der Waals surface area contributed by atoms with Crippen LogP contribution in [-0.4, -0.2) is 11.6 Å². The predicted octanol–water partition coefficient (Wildman–Crippen LogP) is 3.71. The second-order valence-corrected chi connectivity index (χ2v) is 3.87. The molecular weight excluding hydrogens is 210 g/mol. The topological polar surface area (TPSA) is 22.1 Å². The molecule has 0 aliphatic rings. The van der Waals surface area contributed by atoms with Crippen LogP contribution in [0.4, 0.5) is 0 Å². The smallest absolute Gasteiger partial charge is 0.213 e. The molecule has 0 amide bonds. The number of aryl methyl sites for hydroxylation is 1. The van der Waals surface area contributed by atoms with Gasteiger partial charge < -0.3 is 4.74 Å². The Kier molecular flexibility index (Phi) is 3.76. The molecule has 0 spiro atoms. The van der Waals surface area contributed by atoms with Gasteiger partial charge in [0, 0.05) is 17.8 Å². The molecule has 0 bridgehead atoms. The summed E-state index contributed by atoms with van der Waals surface area (Å²) in [4.78, 5) is 4.27. The zero-order chi connectivity index (χ0) is 12.1. The molecule has 0 aliphatic heterocycles. The van der Waals surface area contributed by atoms with Gasteiger partial charge in [-0.05, 0) is 30.5 Å². The van der Waals surface area contributed by atoms with Crippen LogP contribution >= 0.6 is 0 Å². The maximum absolute atomic E-state index is 5.32. The number of nitrogens with zero attached hydrogens (tertiary/aromatic N) is 1. The van der Waals surface area contributed by atoms with E-state index >= 15 is 0 Å². The molecule has 0 unspecified atom stereocenters. The third-order valence-electron chi connectivity index (χ3n) is 2.72. The second-order valence-electron chi connectivity index (χ2n) is 3.87. The van der Waals surface area contributed by atoms with Crippen LogP contribution in [0.1, 0.15) is 19.4 Å². The average molecular weight is 227 g/mol. The van der Waals surface area contributed by atoms with Gasteiger partial charge in [0.15, 0.2) is 0 Å². The van der Waals surface area contributed by atoms with E-state index in [0.717, 1.165) is 12.0 Å². The van der Waals surface area contributed by atoms with Crippen molar-refractivity contribution in [2.24, 2.45) is 0 Å². The summed E-state index contributed by atoms with van der Waals surface area (Å²) in [5, 5.41) is 0. The lowest BCUT2D eigenvalue weighted by Crippen LogP contribution is -1.93. The van der Waals surface area contributed by atoms with Crippen molar-refractivity contribution in [2.45, 2.75) is 20.3 Å². The van der Waals surface area contributed by atoms with Gasteiger partial charge in [-0.25, -0.2) is 4.98 Å². The average Bonchev–Trinajstić information content (AvgIpc) is 2.40. The Morgan fingerprint density at radius 3 is 2.18 bits per heavy atom. The van der Waals surface area contributed by atoms with Gasteiger partial charge in [-0.15, -0.1) is 0 Å². The number of aromatic nitrogens is 1. The van der Waals surface area contributed by atoms with Gasteiger partial charge in [-0.1, -0.05) is 31.2 Å². The highest BCUT2D eigenvalue weighted by Gasteiger charge is 1.99. The fraction of sp³-hybridized carbons (Fsp3) is 0.267. The highest BCUT2D eigenvalue weighted by molar-refractivity contribution is 5.62. The summed E-state index contributed by atoms with van der Waals surface area (Å²) in [6.45, 7) is 4.77.